The van der Waals surface area contributed by atoms with E-state index in [1.165, 1.54) is 11.3 Å². The molecule has 2 N–H and O–H groups in total. The summed E-state index contributed by atoms with van der Waals surface area (Å²) in [6.07, 6.45) is -0.679. The molecule has 2 atom stereocenters. The highest BCUT2D eigenvalue weighted by Gasteiger charge is 2.23. The molecule has 0 saturated carbocycles. The molecule has 108 valence electrons. The van der Waals surface area contributed by atoms with Crippen LogP contribution < -0.4 is 5.32 Å². The maximum absolute atomic E-state index is 12.1. The highest BCUT2D eigenvalue weighted by molar-refractivity contribution is 7.07. The van der Waals surface area contributed by atoms with Gasteiger partial charge in [0.05, 0.1) is 17.7 Å². The standard InChI is InChI=1S/C14H18N2O3S/c1-8(13-9(2)16-19-10(13)3)14(18)15-6-12(17)11-4-5-20-7-11/h4-5,7-8,12,17H,6H2,1-3H3,(H,15,18). The van der Waals surface area contributed by atoms with Crippen molar-refractivity contribution < 1.29 is 14.4 Å². The Kier molecular flexibility index (Phi) is 4.57. The summed E-state index contributed by atoms with van der Waals surface area (Å²) in [5.74, 6) is 0.160. The minimum atomic E-state index is -0.679. The molecule has 0 aromatic carbocycles. The van der Waals surface area contributed by atoms with Crippen molar-refractivity contribution in [2.45, 2.75) is 32.8 Å². The molecule has 1 amide bonds. The number of aromatic nitrogens is 1. The van der Waals surface area contributed by atoms with Gasteiger partial charge in [0, 0.05) is 12.1 Å². The molecule has 0 saturated heterocycles. The van der Waals surface area contributed by atoms with Gasteiger partial charge in [-0.15, -0.1) is 0 Å². The van der Waals surface area contributed by atoms with E-state index in [-0.39, 0.29) is 18.4 Å². The number of rotatable bonds is 5. The molecule has 2 rings (SSSR count). The SMILES string of the molecule is Cc1noc(C)c1C(C)C(=O)NCC(O)c1ccsc1. The second-order valence-electron chi connectivity index (χ2n) is 4.78. The van der Waals surface area contributed by atoms with Crippen LogP contribution in [0.15, 0.2) is 21.3 Å². The van der Waals surface area contributed by atoms with Crippen molar-refractivity contribution in [1.82, 2.24) is 10.5 Å². The molecule has 2 heterocycles. The molecule has 0 aliphatic heterocycles. The number of carbonyl (C=O) groups is 1. The van der Waals surface area contributed by atoms with Crippen molar-refractivity contribution in [3.8, 4) is 0 Å². The topological polar surface area (TPSA) is 75.4 Å². The van der Waals surface area contributed by atoms with Gasteiger partial charge in [-0.2, -0.15) is 11.3 Å². The third kappa shape index (κ3) is 3.08. The number of nitrogens with zero attached hydrogens (tertiary/aromatic N) is 1. The third-order valence-corrected chi connectivity index (χ3v) is 4.01. The summed E-state index contributed by atoms with van der Waals surface area (Å²) in [7, 11) is 0. The molecule has 2 unspecified atom stereocenters. The van der Waals surface area contributed by atoms with E-state index in [2.05, 4.69) is 10.5 Å². The van der Waals surface area contributed by atoms with Gasteiger partial charge in [-0.05, 0) is 43.2 Å². The Hall–Kier alpha value is -1.66. The van der Waals surface area contributed by atoms with Crippen molar-refractivity contribution >= 4 is 17.2 Å². The highest BCUT2D eigenvalue weighted by Crippen LogP contribution is 2.23. The lowest BCUT2D eigenvalue weighted by Crippen LogP contribution is -2.32. The summed E-state index contributed by atoms with van der Waals surface area (Å²) in [5, 5.41) is 20.3. The van der Waals surface area contributed by atoms with Gasteiger partial charge in [0.1, 0.15) is 5.76 Å². The number of hydrogen-bond donors (Lipinski definition) is 2. The van der Waals surface area contributed by atoms with Gasteiger partial charge in [-0.1, -0.05) is 5.16 Å². The molecule has 5 nitrogen and oxygen atoms in total. The molecule has 0 fully saturated rings. The van der Waals surface area contributed by atoms with E-state index in [0.717, 1.165) is 16.8 Å². The Morgan fingerprint density at radius 1 is 1.55 bits per heavy atom. The van der Waals surface area contributed by atoms with E-state index >= 15 is 0 Å². The number of thiophene rings is 1. The van der Waals surface area contributed by atoms with Crippen LogP contribution in [0, 0.1) is 13.8 Å². The number of carbonyl (C=O) groups excluding carboxylic acids is 1. The molecule has 0 bridgehead atoms. The summed E-state index contributed by atoms with van der Waals surface area (Å²) in [5.41, 5.74) is 2.36. The van der Waals surface area contributed by atoms with Crippen LogP contribution in [0.25, 0.3) is 0 Å². The van der Waals surface area contributed by atoms with E-state index in [4.69, 9.17) is 4.52 Å². The molecule has 0 radical (unpaired) electrons. The molecule has 20 heavy (non-hydrogen) atoms. The smallest absolute Gasteiger partial charge is 0.227 e. The number of aryl methyl sites for hydroxylation is 2. The molecule has 6 heteroatoms. The van der Waals surface area contributed by atoms with Crippen LogP contribution in [0.2, 0.25) is 0 Å². The van der Waals surface area contributed by atoms with Gasteiger partial charge in [-0.3, -0.25) is 4.79 Å². The van der Waals surface area contributed by atoms with Gasteiger partial charge < -0.3 is 14.9 Å². The fourth-order valence-corrected chi connectivity index (χ4v) is 2.88. The highest BCUT2D eigenvalue weighted by atomic mass is 32.1. The summed E-state index contributed by atoms with van der Waals surface area (Å²) in [6, 6.07) is 1.85. The maximum atomic E-state index is 12.1. The zero-order chi connectivity index (χ0) is 14.7. The summed E-state index contributed by atoms with van der Waals surface area (Å²) < 4.78 is 5.07. The van der Waals surface area contributed by atoms with Crippen molar-refractivity contribution in [3.05, 3.63) is 39.4 Å². The molecule has 0 spiro atoms. The maximum Gasteiger partial charge on any atom is 0.227 e. The Bertz CT molecular complexity index is 558. The van der Waals surface area contributed by atoms with Crippen molar-refractivity contribution in [2.24, 2.45) is 0 Å². The Labute approximate surface area is 121 Å². The predicted octanol–water partition coefficient (Wildman–Crippen LogP) is 2.31. The lowest BCUT2D eigenvalue weighted by Gasteiger charge is -2.14. The Balaban J connectivity index is 1.95. The monoisotopic (exact) mass is 294 g/mol. The van der Waals surface area contributed by atoms with Gasteiger partial charge in [0.25, 0.3) is 0 Å². The molecule has 0 aliphatic carbocycles. The Morgan fingerprint density at radius 3 is 2.85 bits per heavy atom. The number of aliphatic hydroxyl groups is 1. The van der Waals surface area contributed by atoms with Crippen molar-refractivity contribution in [3.63, 3.8) is 0 Å². The van der Waals surface area contributed by atoms with Crippen LogP contribution >= 0.6 is 11.3 Å². The second kappa shape index (κ2) is 6.19. The number of aliphatic hydroxyl groups excluding tert-OH is 1. The molecule has 2 aromatic heterocycles. The predicted molar refractivity (Wildman–Crippen MR) is 76.7 cm³/mol. The number of hydrogen-bond acceptors (Lipinski definition) is 5. The largest absolute Gasteiger partial charge is 0.387 e. The van der Waals surface area contributed by atoms with Crippen LogP contribution in [-0.2, 0) is 4.79 Å². The molecule has 2 aromatic rings. The van der Waals surface area contributed by atoms with Crippen LogP contribution in [0.4, 0.5) is 0 Å². The normalized spacial score (nSPS) is 14.0. The lowest BCUT2D eigenvalue weighted by atomic mass is 9.98. The molecular formula is C14H18N2O3S. The van der Waals surface area contributed by atoms with E-state index in [0.29, 0.717) is 5.76 Å². The first kappa shape index (κ1) is 14.7. The van der Waals surface area contributed by atoms with E-state index in [9.17, 15) is 9.90 Å². The van der Waals surface area contributed by atoms with Gasteiger partial charge in [-0.25, -0.2) is 0 Å². The second-order valence-corrected chi connectivity index (χ2v) is 5.56. The number of amides is 1. The first-order valence-corrected chi connectivity index (χ1v) is 7.35. The van der Waals surface area contributed by atoms with Gasteiger partial charge >= 0.3 is 0 Å². The lowest BCUT2D eigenvalue weighted by molar-refractivity contribution is -0.122. The van der Waals surface area contributed by atoms with Crippen LogP contribution in [0.1, 0.15) is 41.5 Å². The number of nitrogens with one attached hydrogen (secondary N) is 1. The first-order chi connectivity index (χ1) is 9.50. The average molecular weight is 294 g/mol. The zero-order valence-corrected chi connectivity index (χ0v) is 12.5. The van der Waals surface area contributed by atoms with E-state index in [1.54, 1.807) is 13.8 Å². The third-order valence-electron chi connectivity index (χ3n) is 3.31. The van der Waals surface area contributed by atoms with E-state index < -0.39 is 6.10 Å². The summed E-state index contributed by atoms with van der Waals surface area (Å²) in [4.78, 5) is 12.1. The minimum Gasteiger partial charge on any atom is -0.387 e. The quantitative estimate of drug-likeness (QED) is 0.887. The van der Waals surface area contributed by atoms with Crippen molar-refractivity contribution in [1.29, 1.82) is 0 Å². The fraction of sp³-hybridized carbons (Fsp3) is 0.429. The van der Waals surface area contributed by atoms with Crippen molar-refractivity contribution in [2.75, 3.05) is 6.54 Å². The zero-order valence-electron chi connectivity index (χ0n) is 11.7. The van der Waals surface area contributed by atoms with Gasteiger partial charge in [0.2, 0.25) is 5.91 Å². The molecular weight excluding hydrogens is 276 g/mol. The Morgan fingerprint density at radius 2 is 2.30 bits per heavy atom. The van der Waals surface area contributed by atoms with Crippen LogP contribution in [0.5, 0.6) is 0 Å². The van der Waals surface area contributed by atoms with Crippen LogP contribution in [-0.4, -0.2) is 22.7 Å². The van der Waals surface area contributed by atoms with E-state index in [1.807, 2.05) is 23.8 Å². The summed E-state index contributed by atoms with van der Waals surface area (Å²) in [6.45, 7) is 5.61. The average Bonchev–Trinajstić information content (AvgIpc) is 3.05. The van der Waals surface area contributed by atoms with Crippen LogP contribution in [0.3, 0.4) is 0 Å². The first-order valence-electron chi connectivity index (χ1n) is 6.41. The summed E-state index contributed by atoms with van der Waals surface area (Å²) >= 11 is 1.52. The minimum absolute atomic E-state index is 0.145. The molecule has 0 aliphatic rings. The fourth-order valence-electron chi connectivity index (χ4n) is 2.17. The van der Waals surface area contributed by atoms with Gasteiger partial charge in [0.15, 0.2) is 0 Å².